The summed E-state index contributed by atoms with van der Waals surface area (Å²) in [5, 5.41) is 53.9. The summed E-state index contributed by atoms with van der Waals surface area (Å²) in [5.74, 6) is 0.136. The van der Waals surface area contributed by atoms with E-state index >= 15 is 0 Å². The Bertz CT molecular complexity index is 780. The SMILES string of the molecule is C[C@]12C[C@H](O)[C@H](O)C[C@H]1C(=O)C=C1C2CC[C@]2(C)[C@@H](/C(O)=C\SCCO)CC[C@@]12O. The highest BCUT2D eigenvalue weighted by Gasteiger charge is 2.66. The average Bonchev–Trinajstić information content (AvgIpc) is 2.96. The Morgan fingerprint density at radius 1 is 1.20 bits per heavy atom. The molecule has 0 radical (unpaired) electrons. The molecule has 0 aliphatic heterocycles. The first-order chi connectivity index (χ1) is 14.1. The lowest BCUT2D eigenvalue weighted by Gasteiger charge is -2.59. The number of rotatable bonds is 4. The predicted molar refractivity (Wildman–Crippen MR) is 115 cm³/mol. The van der Waals surface area contributed by atoms with Crippen LogP contribution >= 0.6 is 11.8 Å². The summed E-state index contributed by atoms with van der Waals surface area (Å²) in [7, 11) is 0. The second kappa shape index (κ2) is 7.62. The molecule has 0 aromatic carbocycles. The van der Waals surface area contributed by atoms with E-state index in [0.717, 1.165) is 12.0 Å². The van der Waals surface area contributed by atoms with Crippen molar-refractivity contribution >= 4 is 17.5 Å². The van der Waals surface area contributed by atoms with Crippen molar-refractivity contribution < 1.29 is 30.3 Å². The second-order valence-electron chi connectivity index (χ2n) is 10.2. The van der Waals surface area contributed by atoms with Crippen molar-refractivity contribution in [1.29, 1.82) is 0 Å². The lowest BCUT2D eigenvalue weighted by atomic mass is 9.46. The van der Waals surface area contributed by atoms with Crippen LogP contribution in [-0.2, 0) is 4.79 Å². The molecule has 3 saturated carbocycles. The first kappa shape index (κ1) is 22.3. The van der Waals surface area contributed by atoms with Crippen molar-refractivity contribution in [2.45, 2.75) is 70.2 Å². The molecule has 6 nitrogen and oxygen atoms in total. The summed E-state index contributed by atoms with van der Waals surface area (Å²) >= 11 is 1.36. The van der Waals surface area contributed by atoms with Crippen LogP contribution in [-0.4, -0.2) is 61.5 Å². The van der Waals surface area contributed by atoms with Crippen molar-refractivity contribution in [3.63, 3.8) is 0 Å². The second-order valence-corrected chi connectivity index (χ2v) is 11.2. The molecule has 0 aromatic rings. The summed E-state index contributed by atoms with van der Waals surface area (Å²) in [6, 6.07) is 0. The molecule has 5 N–H and O–H groups in total. The standard InChI is InChI=1S/C23H34O6S/c1-21-11-19(27)18(26)10-16(21)17(25)9-15-13(21)3-5-22(2)14(4-6-23(15,22)29)20(28)12-30-8-7-24/h9,12-14,16,18-19,24,26-29H,3-8,10-11H2,1-2H3/b20-12+/t13?,14-,16+,18-,19+,21-,22-,23-/m1/s1. The molecule has 0 bridgehead atoms. The van der Waals surface area contributed by atoms with E-state index in [2.05, 4.69) is 0 Å². The van der Waals surface area contributed by atoms with Crippen LogP contribution in [0.25, 0.3) is 0 Å². The van der Waals surface area contributed by atoms with Crippen molar-refractivity contribution in [2.24, 2.45) is 28.6 Å². The number of thioether (sulfide) groups is 1. The molecule has 0 aromatic heterocycles. The number of allylic oxidation sites excluding steroid dienone is 2. The van der Waals surface area contributed by atoms with E-state index in [0.29, 0.717) is 31.4 Å². The van der Waals surface area contributed by atoms with Crippen LogP contribution in [0.5, 0.6) is 0 Å². The van der Waals surface area contributed by atoms with E-state index < -0.39 is 28.6 Å². The lowest BCUT2D eigenvalue weighted by Crippen LogP contribution is -2.60. The van der Waals surface area contributed by atoms with Gasteiger partial charge in [-0.2, -0.15) is 0 Å². The first-order valence-corrected chi connectivity index (χ1v) is 12.1. The van der Waals surface area contributed by atoms with Crippen molar-refractivity contribution in [3.05, 3.63) is 22.8 Å². The van der Waals surface area contributed by atoms with Crippen LogP contribution in [0.4, 0.5) is 0 Å². The Hall–Kier alpha value is -0.860. The molecule has 0 amide bonds. The van der Waals surface area contributed by atoms with E-state index in [4.69, 9.17) is 5.11 Å². The number of hydrogen-bond acceptors (Lipinski definition) is 7. The first-order valence-electron chi connectivity index (χ1n) is 11.0. The summed E-state index contributed by atoms with van der Waals surface area (Å²) in [6.07, 6.45) is 3.12. The number of fused-ring (bicyclic) bond motifs is 5. The Kier molecular flexibility index (Phi) is 5.68. The normalized spacial score (nSPS) is 48.6. The van der Waals surface area contributed by atoms with Crippen LogP contribution in [0.1, 0.15) is 52.4 Å². The molecular formula is C23H34O6S. The maximum absolute atomic E-state index is 13.1. The minimum Gasteiger partial charge on any atom is -0.511 e. The minimum absolute atomic E-state index is 0.0194. The fourth-order valence-electron chi connectivity index (χ4n) is 7.12. The van der Waals surface area contributed by atoms with Crippen molar-refractivity contribution in [1.82, 2.24) is 0 Å². The topological polar surface area (TPSA) is 118 Å². The number of ketones is 1. The number of aliphatic hydroxyl groups is 5. The lowest BCUT2D eigenvalue weighted by molar-refractivity contribution is -0.152. The molecule has 0 spiro atoms. The molecule has 4 rings (SSSR count). The van der Waals surface area contributed by atoms with Gasteiger partial charge < -0.3 is 25.5 Å². The maximum atomic E-state index is 13.1. The quantitative estimate of drug-likeness (QED) is 0.338. The molecular weight excluding hydrogens is 404 g/mol. The maximum Gasteiger partial charge on any atom is 0.159 e. The van der Waals surface area contributed by atoms with Gasteiger partial charge in [0.15, 0.2) is 5.78 Å². The monoisotopic (exact) mass is 438 g/mol. The highest BCUT2D eigenvalue weighted by molar-refractivity contribution is 8.02. The molecule has 0 heterocycles. The summed E-state index contributed by atoms with van der Waals surface area (Å²) in [5.41, 5.74) is -1.47. The molecule has 8 atom stereocenters. The summed E-state index contributed by atoms with van der Waals surface area (Å²) in [6.45, 7) is 4.09. The molecule has 168 valence electrons. The molecule has 4 aliphatic carbocycles. The van der Waals surface area contributed by atoms with Gasteiger partial charge in [0.25, 0.3) is 0 Å². The Balaban J connectivity index is 1.70. The van der Waals surface area contributed by atoms with Gasteiger partial charge in [-0.1, -0.05) is 13.8 Å². The van der Waals surface area contributed by atoms with Crippen LogP contribution in [0.3, 0.4) is 0 Å². The highest BCUT2D eigenvalue weighted by atomic mass is 32.2. The van der Waals surface area contributed by atoms with Crippen LogP contribution in [0, 0.1) is 28.6 Å². The average molecular weight is 439 g/mol. The van der Waals surface area contributed by atoms with E-state index in [1.54, 1.807) is 11.5 Å². The third kappa shape index (κ3) is 3.04. The molecule has 1 unspecified atom stereocenters. The van der Waals surface area contributed by atoms with Gasteiger partial charge in [0.05, 0.1) is 24.4 Å². The molecule has 3 fully saturated rings. The van der Waals surface area contributed by atoms with Gasteiger partial charge in [0.2, 0.25) is 0 Å². The van der Waals surface area contributed by atoms with Gasteiger partial charge >= 0.3 is 0 Å². The Morgan fingerprint density at radius 2 is 1.93 bits per heavy atom. The van der Waals surface area contributed by atoms with E-state index in [1.807, 2.05) is 13.8 Å². The number of carbonyl (C=O) groups is 1. The third-order valence-corrected chi connectivity index (χ3v) is 9.71. The van der Waals surface area contributed by atoms with Crippen LogP contribution in [0.2, 0.25) is 0 Å². The van der Waals surface area contributed by atoms with Gasteiger partial charge in [0, 0.05) is 28.4 Å². The zero-order valence-electron chi connectivity index (χ0n) is 17.8. The van der Waals surface area contributed by atoms with Gasteiger partial charge in [-0.3, -0.25) is 4.79 Å². The summed E-state index contributed by atoms with van der Waals surface area (Å²) < 4.78 is 0. The van der Waals surface area contributed by atoms with E-state index in [9.17, 15) is 25.2 Å². The van der Waals surface area contributed by atoms with Crippen molar-refractivity contribution in [2.75, 3.05) is 12.4 Å². The fourth-order valence-corrected chi connectivity index (χ4v) is 7.68. The Labute approximate surface area is 182 Å². The zero-order valence-corrected chi connectivity index (χ0v) is 18.6. The Morgan fingerprint density at radius 3 is 2.63 bits per heavy atom. The summed E-state index contributed by atoms with van der Waals surface area (Å²) in [4.78, 5) is 13.1. The van der Waals surface area contributed by atoms with Gasteiger partial charge in [0.1, 0.15) is 5.76 Å². The minimum atomic E-state index is -1.17. The van der Waals surface area contributed by atoms with Crippen LogP contribution < -0.4 is 0 Å². The fraction of sp³-hybridized carbons (Fsp3) is 0.783. The van der Waals surface area contributed by atoms with E-state index in [-0.39, 0.29) is 42.3 Å². The molecule has 7 heteroatoms. The number of aliphatic hydroxyl groups excluding tert-OH is 4. The van der Waals surface area contributed by atoms with E-state index in [1.165, 1.54) is 11.8 Å². The van der Waals surface area contributed by atoms with Gasteiger partial charge in [-0.05, 0) is 61.5 Å². The predicted octanol–water partition coefficient (Wildman–Crippen LogP) is 2.32. The van der Waals surface area contributed by atoms with Crippen LogP contribution in [0.15, 0.2) is 22.8 Å². The van der Waals surface area contributed by atoms with Gasteiger partial charge in [-0.25, -0.2) is 0 Å². The number of hydrogen-bond donors (Lipinski definition) is 5. The largest absolute Gasteiger partial charge is 0.511 e. The smallest absolute Gasteiger partial charge is 0.159 e. The highest BCUT2D eigenvalue weighted by Crippen LogP contribution is 2.67. The van der Waals surface area contributed by atoms with Gasteiger partial charge in [-0.15, -0.1) is 11.8 Å². The van der Waals surface area contributed by atoms with Crippen molar-refractivity contribution in [3.8, 4) is 0 Å². The number of carbonyl (C=O) groups excluding carboxylic acids is 1. The molecule has 0 saturated heterocycles. The molecule has 4 aliphatic rings. The third-order valence-electron chi connectivity index (χ3n) is 8.89. The zero-order chi connectivity index (χ0) is 21.9. The molecule has 30 heavy (non-hydrogen) atoms.